The molecule has 1 aromatic carbocycles. The van der Waals surface area contributed by atoms with Crippen molar-refractivity contribution in [1.29, 1.82) is 0 Å². The molecule has 7 heteroatoms. The molecule has 0 aliphatic rings. The summed E-state index contributed by atoms with van der Waals surface area (Å²) in [4.78, 5) is 20.5. The topological polar surface area (TPSA) is 77.2 Å². The monoisotopic (exact) mass is 359 g/mol. The first kappa shape index (κ1) is 15.6. The lowest BCUT2D eigenvalue weighted by Gasteiger charge is -2.08. The second kappa shape index (κ2) is 5.98. The molecule has 7 nitrogen and oxygen atoms in total. The van der Waals surface area contributed by atoms with E-state index in [0.29, 0.717) is 11.9 Å². The number of aryl methyl sites for hydroxylation is 2. The lowest BCUT2D eigenvalue weighted by atomic mass is 10.1. The summed E-state index contributed by atoms with van der Waals surface area (Å²) < 4.78 is 8.73. The Balaban J connectivity index is 1.51. The molecule has 1 N–H and O–H groups in total. The van der Waals surface area contributed by atoms with Gasteiger partial charge < -0.3 is 14.3 Å². The van der Waals surface area contributed by atoms with Crippen molar-refractivity contribution in [3.05, 3.63) is 71.0 Å². The molecule has 0 saturated heterocycles. The predicted octanol–water partition coefficient (Wildman–Crippen LogP) is 2.78. The van der Waals surface area contributed by atoms with E-state index in [1.165, 1.54) is 0 Å². The molecule has 0 aliphatic carbocycles. The summed E-state index contributed by atoms with van der Waals surface area (Å²) in [5.74, 6) is 0.820. The normalized spacial score (nSPS) is 11.6. The second-order valence-electron chi connectivity index (χ2n) is 6.45. The van der Waals surface area contributed by atoms with Crippen LogP contribution in [0, 0.1) is 0 Å². The Labute approximate surface area is 153 Å². The van der Waals surface area contributed by atoms with Gasteiger partial charge in [0, 0.05) is 42.1 Å². The molecule has 0 radical (unpaired) electrons. The molecular weight excluding hydrogens is 342 g/mol. The summed E-state index contributed by atoms with van der Waals surface area (Å²) in [6.45, 7) is 0.579. The Morgan fingerprint density at radius 1 is 1.19 bits per heavy atom. The Kier molecular flexibility index (Phi) is 3.46. The third-order valence-corrected chi connectivity index (χ3v) is 4.95. The molecule has 0 saturated carbocycles. The molecule has 0 bridgehead atoms. The highest BCUT2D eigenvalue weighted by atomic mass is 16.5. The van der Waals surface area contributed by atoms with E-state index in [9.17, 15) is 4.79 Å². The second-order valence-corrected chi connectivity index (χ2v) is 6.45. The van der Waals surface area contributed by atoms with Crippen LogP contribution in [-0.4, -0.2) is 31.3 Å². The van der Waals surface area contributed by atoms with Gasteiger partial charge >= 0.3 is 0 Å². The van der Waals surface area contributed by atoms with Gasteiger partial charge in [0.1, 0.15) is 5.75 Å². The number of rotatable bonds is 4. The first-order valence-electron chi connectivity index (χ1n) is 8.70. The van der Waals surface area contributed by atoms with Crippen molar-refractivity contribution >= 4 is 27.5 Å². The van der Waals surface area contributed by atoms with Crippen molar-refractivity contribution in [2.75, 3.05) is 7.11 Å². The van der Waals surface area contributed by atoms with E-state index in [1.54, 1.807) is 28.6 Å². The number of hydrogen-bond donors (Lipinski definition) is 1. The highest BCUT2D eigenvalue weighted by Crippen LogP contribution is 2.24. The summed E-state index contributed by atoms with van der Waals surface area (Å²) in [6, 6.07) is 9.68. The van der Waals surface area contributed by atoms with Gasteiger partial charge in [0.25, 0.3) is 5.56 Å². The number of aromatic nitrogens is 5. The van der Waals surface area contributed by atoms with Crippen LogP contribution in [0.25, 0.3) is 27.5 Å². The summed E-state index contributed by atoms with van der Waals surface area (Å²) in [5.41, 5.74) is 3.64. The number of methoxy groups -OCH3 is 1. The van der Waals surface area contributed by atoms with Crippen molar-refractivity contribution in [3.8, 4) is 5.75 Å². The molecule has 0 amide bonds. The lowest BCUT2D eigenvalue weighted by molar-refractivity contribution is 0.415. The minimum Gasteiger partial charge on any atom is -0.497 e. The Morgan fingerprint density at radius 3 is 3.00 bits per heavy atom. The van der Waals surface area contributed by atoms with E-state index < -0.39 is 0 Å². The van der Waals surface area contributed by atoms with E-state index in [2.05, 4.69) is 15.1 Å². The molecule has 0 atom stereocenters. The Bertz CT molecular complexity index is 1350. The zero-order valence-corrected chi connectivity index (χ0v) is 14.7. The van der Waals surface area contributed by atoms with Gasteiger partial charge in [-0.25, -0.2) is 9.50 Å². The maximum absolute atomic E-state index is 12.9. The number of fused-ring (bicyclic) bond motifs is 4. The van der Waals surface area contributed by atoms with Crippen LogP contribution < -0.4 is 10.3 Å². The van der Waals surface area contributed by atoms with Gasteiger partial charge in [-0.1, -0.05) is 0 Å². The minimum absolute atomic E-state index is 0.0604. The zero-order valence-electron chi connectivity index (χ0n) is 14.7. The average Bonchev–Trinajstić information content (AvgIpc) is 3.33. The van der Waals surface area contributed by atoms with Gasteiger partial charge in [-0.3, -0.25) is 4.79 Å². The summed E-state index contributed by atoms with van der Waals surface area (Å²) in [7, 11) is 1.66. The molecular formula is C20H17N5O2. The molecule has 0 aliphatic heterocycles. The van der Waals surface area contributed by atoms with Gasteiger partial charge in [0.15, 0.2) is 5.65 Å². The largest absolute Gasteiger partial charge is 0.497 e. The van der Waals surface area contributed by atoms with Gasteiger partial charge in [0.2, 0.25) is 0 Å². The standard InChI is InChI=1S/C20H17N5O2/c1-27-14-2-3-17-15(10-14)13(11-21-17)5-8-24-9-6-18-16(20(24)26)12-22-19-4-7-23-25(18)19/h2-4,6-7,9-12,21H,5,8H2,1H3. The van der Waals surface area contributed by atoms with Gasteiger partial charge in [0.05, 0.1) is 24.2 Å². The van der Waals surface area contributed by atoms with Crippen molar-refractivity contribution in [2.24, 2.45) is 0 Å². The Hall–Kier alpha value is -3.61. The molecule has 27 heavy (non-hydrogen) atoms. The summed E-state index contributed by atoms with van der Waals surface area (Å²) >= 11 is 0. The van der Waals surface area contributed by atoms with Crippen LogP contribution >= 0.6 is 0 Å². The molecule has 4 aromatic heterocycles. The van der Waals surface area contributed by atoms with E-state index in [-0.39, 0.29) is 5.56 Å². The van der Waals surface area contributed by atoms with E-state index in [1.807, 2.05) is 42.7 Å². The smallest absolute Gasteiger partial charge is 0.261 e. The fraction of sp³-hybridized carbons (Fsp3) is 0.150. The first-order chi connectivity index (χ1) is 13.2. The van der Waals surface area contributed by atoms with Gasteiger partial charge in [-0.05, 0) is 36.2 Å². The molecule has 5 aromatic rings. The average molecular weight is 359 g/mol. The zero-order chi connectivity index (χ0) is 18.4. The van der Waals surface area contributed by atoms with Crippen molar-refractivity contribution < 1.29 is 4.74 Å². The highest BCUT2D eigenvalue weighted by Gasteiger charge is 2.09. The van der Waals surface area contributed by atoms with Crippen molar-refractivity contribution in [2.45, 2.75) is 13.0 Å². The minimum atomic E-state index is -0.0604. The predicted molar refractivity (Wildman–Crippen MR) is 103 cm³/mol. The fourth-order valence-corrected chi connectivity index (χ4v) is 3.51. The number of pyridine rings is 1. The van der Waals surface area contributed by atoms with Crippen LogP contribution in [0.3, 0.4) is 0 Å². The van der Waals surface area contributed by atoms with Gasteiger partial charge in [-0.15, -0.1) is 0 Å². The van der Waals surface area contributed by atoms with Crippen LogP contribution in [0.2, 0.25) is 0 Å². The number of benzene rings is 1. The molecule has 5 rings (SSSR count). The number of aromatic amines is 1. The van der Waals surface area contributed by atoms with Crippen molar-refractivity contribution in [1.82, 2.24) is 24.1 Å². The van der Waals surface area contributed by atoms with Crippen LogP contribution in [-0.2, 0) is 13.0 Å². The van der Waals surface area contributed by atoms with Crippen LogP contribution in [0.15, 0.2) is 59.9 Å². The van der Waals surface area contributed by atoms with E-state index in [4.69, 9.17) is 4.74 Å². The third kappa shape index (κ3) is 2.47. The van der Waals surface area contributed by atoms with Crippen molar-refractivity contribution in [3.63, 3.8) is 0 Å². The summed E-state index contributed by atoms with van der Waals surface area (Å²) in [5, 5.41) is 5.92. The number of nitrogens with zero attached hydrogens (tertiary/aromatic N) is 4. The molecule has 0 unspecified atom stereocenters. The number of H-pyrrole nitrogens is 1. The number of ether oxygens (including phenoxy) is 1. The maximum Gasteiger partial charge on any atom is 0.261 e. The summed E-state index contributed by atoms with van der Waals surface area (Å²) in [6.07, 6.45) is 7.85. The lowest BCUT2D eigenvalue weighted by Crippen LogP contribution is -2.21. The highest BCUT2D eigenvalue weighted by molar-refractivity contribution is 5.84. The molecule has 134 valence electrons. The molecule has 0 fully saturated rings. The number of nitrogens with one attached hydrogen (secondary N) is 1. The third-order valence-electron chi connectivity index (χ3n) is 4.95. The van der Waals surface area contributed by atoms with E-state index >= 15 is 0 Å². The van der Waals surface area contributed by atoms with Crippen LogP contribution in [0.1, 0.15) is 5.56 Å². The van der Waals surface area contributed by atoms with E-state index in [0.717, 1.165) is 39.8 Å². The molecule has 0 spiro atoms. The first-order valence-corrected chi connectivity index (χ1v) is 8.70. The number of hydrogen-bond acceptors (Lipinski definition) is 4. The maximum atomic E-state index is 12.9. The molecule has 4 heterocycles. The quantitative estimate of drug-likeness (QED) is 0.535. The Morgan fingerprint density at radius 2 is 2.11 bits per heavy atom. The fourth-order valence-electron chi connectivity index (χ4n) is 3.51. The SMILES string of the molecule is COc1ccc2[nH]cc(CCn3ccc4c(cnc5ccnn54)c3=O)c2c1. The van der Waals surface area contributed by atoms with Crippen LogP contribution in [0.4, 0.5) is 0 Å². The van der Waals surface area contributed by atoms with Crippen LogP contribution in [0.5, 0.6) is 5.75 Å². The van der Waals surface area contributed by atoms with Gasteiger partial charge in [-0.2, -0.15) is 5.10 Å².